The number of nitriles is 1. The molecule has 0 spiro atoms. The van der Waals surface area contributed by atoms with Crippen LogP contribution in [0.3, 0.4) is 0 Å². The van der Waals surface area contributed by atoms with Crippen LogP contribution in [-0.4, -0.2) is 33.1 Å². The zero-order valence-corrected chi connectivity index (χ0v) is 8.01. The second-order valence-corrected chi connectivity index (χ2v) is 3.10. The van der Waals surface area contributed by atoms with Gasteiger partial charge in [-0.05, 0) is 13.0 Å². The van der Waals surface area contributed by atoms with Crippen molar-refractivity contribution in [1.82, 2.24) is 10.2 Å². The highest BCUT2D eigenvalue weighted by atomic mass is 16.3. The van der Waals surface area contributed by atoms with Crippen LogP contribution in [0.25, 0.3) is 0 Å². The molecule has 0 aliphatic heterocycles. The van der Waals surface area contributed by atoms with E-state index in [4.69, 9.17) is 16.7 Å². The van der Waals surface area contributed by atoms with Crippen molar-refractivity contribution in [2.75, 3.05) is 12.3 Å². The van der Waals surface area contributed by atoms with E-state index in [1.54, 1.807) is 6.07 Å². The van der Waals surface area contributed by atoms with Gasteiger partial charge in [0, 0.05) is 0 Å². The molecule has 0 saturated heterocycles. The number of nitrogens with one attached hydrogen (secondary N) is 1. The molecular weight excluding hydrogens is 198 g/mol. The second-order valence-electron chi connectivity index (χ2n) is 3.10. The third kappa shape index (κ3) is 2.24. The Hall–Kier alpha value is -1.62. The molecule has 0 aliphatic rings. The van der Waals surface area contributed by atoms with Crippen molar-refractivity contribution >= 4 is 5.82 Å². The number of hydrogen-bond donors (Lipinski definition) is 5. The van der Waals surface area contributed by atoms with Crippen LogP contribution in [0.4, 0.5) is 5.82 Å². The molecule has 0 saturated carbocycles. The van der Waals surface area contributed by atoms with Crippen LogP contribution in [0, 0.1) is 11.3 Å². The molecule has 7 heteroatoms. The molecule has 0 bridgehead atoms. The number of rotatable bonds is 4. The molecule has 0 aliphatic carbocycles. The largest absolute Gasteiger partial charge is 0.390 e. The van der Waals surface area contributed by atoms with Crippen molar-refractivity contribution in [2.24, 2.45) is 5.73 Å². The summed E-state index contributed by atoms with van der Waals surface area (Å²) in [6.45, 7) is 0.240. The van der Waals surface area contributed by atoms with E-state index < -0.39 is 12.2 Å². The summed E-state index contributed by atoms with van der Waals surface area (Å²) >= 11 is 0. The second kappa shape index (κ2) is 4.75. The van der Waals surface area contributed by atoms with Gasteiger partial charge >= 0.3 is 0 Å². The summed E-state index contributed by atoms with van der Waals surface area (Å²) in [6, 6.07) is 1.80. The summed E-state index contributed by atoms with van der Waals surface area (Å²) in [4.78, 5) is 0. The standard InChI is InChI=1S/C8H13N5O2/c9-2-1-5(14)7(15)6-4(3-10)8(11)13-12-6/h5,7,14-15H,1-2,9H2,(H3,11,12,13). The fourth-order valence-electron chi connectivity index (χ4n) is 1.22. The summed E-state index contributed by atoms with van der Waals surface area (Å²) in [5, 5.41) is 33.9. The van der Waals surface area contributed by atoms with Crippen molar-refractivity contribution in [3.63, 3.8) is 0 Å². The molecule has 2 atom stereocenters. The smallest absolute Gasteiger partial charge is 0.163 e. The maximum Gasteiger partial charge on any atom is 0.163 e. The van der Waals surface area contributed by atoms with Crippen LogP contribution in [0.5, 0.6) is 0 Å². The molecular formula is C8H13N5O2. The first-order chi connectivity index (χ1) is 7.11. The van der Waals surface area contributed by atoms with Gasteiger partial charge in [0.2, 0.25) is 0 Å². The molecule has 7 N–H and O–H groups in total. The van der Waals surface area contributed by atoms with E-state index in [1.807, 2.05) is 0 Å². The summed E-state index contributed by atoms with van der Waals surface area (Å²) in [5.74, 6) is 0.00602. The maximum atomic E-state index is 9.66. The Labute approximate surface area is 86.3 Å². The average Bonchev–Trinajstić information content (AvgIpc) is 2.58. The minimum Gasteiger partial charge on any atom is -0.390 e. The van der Waals surface area contributed by atoms with Gasteiger partial charge in [-0.2, -0.15) is 10.4 Å². The van der Waals surface area contributed by atoms with Crippen LogP contribution in [0.15, 0.2) is 0 Å². The van der Waals surface area contributed by atoms with Gasteiger partial charge in [0.15, 0.2) is 5.82 Å². The van der Waals surface area contributed by atoms with Crippen LogP contribution >= 0.6 is 0 Å². The van der Waals surface area contributed by atoms with Gasteiger partial charge in [0.25, 0.3) is 0 Å². The number of anilines is 1. The van der Waals surface area contributed by atoms with E-state index >= 15 is 0 Å². The minimum absolute atomic E-state index is 0.00602. The van der Waals surface area contributed by atoms with Crippen molar-refractivity contribution < 1.29 is 10.2 Å². The summed E-state index contributed by atoms with van der Waals surface area (Å²) < 4.78 is 0. The molecule has 82 valence electrons. The first kappa shape index (κ1) is 11.5. The van der Waals surface area contributed by atoms with Crippen molar-refractivity contribution in [3.8, 4) is 6.07 Å². The number of hydrogen-bond acceptors (Lipinski definition) is 6. The monoisotopic (exact) mass is 211 g/mol. The third-order valence-corrected chi connectivity index (χ3v) is 2.06. The molecule has 7 nitrogen and oxygen atoms in total. The maximum absolute atomic E-state index is 9.66. The Bertz CT molecular complexity index is 370. The Morgan fingerprint density at radius 3 is 2.73 bits per heavy atom. The number of H-pyrrole nitrogens is 1. The van der Waals surface area contributed by atoms with Crippen molar-refractivity contribution in [1.29, 1.82) is 5.26 Å². The van der Waals surface area contributed by atoms with E-state index in [0.717, 1.165) is 0 Å². The number of nitrogen functional groups attached to an aromatic ring is 1. The SMILES string of the molecule is N#Cc1c(N)n[nH]c1C(O)C(O)CCN. The van der Waals surface area contributed by atoms with Crippen molar-refractivity contribution in [3.05, 3.63) is 11.3 Å². The minimum atomic E-state index is -1.23. The highest BCUT2D eigenvalue weighted by molar-refractivity contribution is 5.51. The van der Waals surface area contributed by atoms with E-state index in [1.165, 1.54) is 0 Å². The number of nitrogens with zero attached hydrogens (tertiary/aromatic N) is 2. The molecule has 1 heterocycles. The molecule has 0 fully saturated rings. The molecule has 2 unspecified atom stereocenters. The lowest BCUT2D eigenvalue weighted by Crippen LogP contribution is -2.22. The fourth-order valence-corrected chi connectivity index (χ4v) is 1.22. The Morgan fingerprint density at radius 1 is 1.53 bits per heavy atom. The van der Waals surface area contributed by atoms with Gasteiger partial charge in [-0.3, -0.25) is 5.10 Å². The number of aliphatic hydroxyl groups is 2. The molecule has 15 heavy (non-hydrogen) atoms. The zero-order chi connectivity index (χ0) is 11.4. The first-order valence-electron chi connectivity index (χ1n) is 4.41. The highest BCUT2D eigenvalue weighted by Crippen LogP contribution is 2.22. The van der Waals surface area contributed by atoms with Gasteiger partial charge < -0.3 is 21.7 Å². The van der Waals surface area contributed by atoms with Gasteiger partial charge in [-0.25, -0.2) is 0 Å². The average molecular weight is 211 g/mol. The van der Waals surface area contributed by atoms with Gasteiger partial charge in [-0.15, -0.1) is 0 Å². The number of nitrogens with two attached hydrogens (primary N) is 2. The molecule has 0 aromatic carbocycles. The van der Waals surface area contributed by atoms with Gasteiger partial charge in [-0.1, -0.05) is 0 Å². The normalized spacial score (nSPS) is 14.5. The lowest BCUT2D eigenvalue weighted by molar-refractivity contribution is 0.0123. The Morgan fingerprint density at radius 2 is 2.20 bits per heavy atom. The van der Waals surface area contributed by atoms with Crippen LogP contribution in [0.1, 0.15) is 23.8 Å². The predicted octanol–water partition coefficient (Wildman–Crippen LogP) is -1.39. The Kier molecular flexibility index (Phi) is 3.62. The predicted molar refractivity (Wildman–Crippen MR) is 52.4 cm³/mol. The lowest BCUT2D eigenvalue weighted by Gasteiger charge is -2.15. The van der Waals surface area contributed by atoms with Gasteiger partial charge in [0.05, 0.1) is 11.8 Å². The van der Waals surface area contributed by atoms with Crippen LogP contribution < -0.4 is 11.5 Å². The third-order valence-electron chi connectivity index (χ3n) is 2.06. The summed E-state index contributed by atoms with van der Waals surface area (Å²) in [7, 11) is 0. The lowest BCUT2D eigenvalue weighted by atomic mass is 10.0. The number of aromatic nitrogens is 2. The first-order valence-corrected chi connectivity index (χ1v) is 4.41. The van der Waals surface area contributed by atoms with E-state index in [-0.39, 0.29) is 30.0 Å². The summed E-state index contributed by atoms with van der Waals surface area (Å²) in [5.41, 5.74) is 10.8. The van der Waals surface area contributed by atoms with Gasteiger partial charge in [0.1, 0.15) is 17.7 Å². The van der Waals surface area contributed by atoms with Crippen molar-refractivity contribution in [2.45, 2.75) is 18.6 Å². The quantitative estimate of drug-likeness (QED) is 0.414. The fraction of sp³-hybridized carbons (Fsp3) is 0.500. The zero-order valence-electron chi connectivity index (χ0n) is 8.01. The van der Waals surface area contributed by atoms with Crippen LogP contribution in [-0.2, 0) is 0 Å². The molecule has 1 rings (SSSR count). The van der Waals surface area contributed by atoms with E-state index in [9.17, 15) is 10.2 Å². The molecule has 1 aromatic heterocycles. The molecule has 0 radical (unpaired) electrons. The Balaban J connectivity index is 2.91. The highest BCUT2D eigenvalue weighted by Gasteiger charge is 2.24. The number of aliphatic hydroxyl groups excluding tert-OH is 2. The topological polar surface area (TPSA) is 145 Å². The molecule has 1 aromatic rings. The van der Waals surface area contributed by atoms with E-state index in [0.29, 0.717) is 0 Å². The molecule has 0 amide bonds. The number of aromatic amines is 1. The van der Waals surface area contributed by atoms with Crippen LogP contribution in [0.2, 0.25) is 0 Å². The van der Waals surface area contributed by atoms with E-state index in [2.05, 4.69) is 10.2 Å². The summed E-state index contributed by atoms with van der Waals surface area (Å²) in [6.07, 6.45) is -2.04.